The minimum Gasteiger partial charge on any atom is -0.478 e. The molecule has 6 heteroatoms. The number of benzene rings is 1. The van der Waals surface area contributed by atoms with E-state index in [-0.39, 0.29) is 17.3 Å². The van der Waals surface area contributed by atoms with Crippen LogP contribution in [0.15, 0.2) is 18.2 Å². The fraction of sp³-hybridized carbons (Fsp3) is 0.333. The molecule has 0 bridgehead atoms. The molecule has 2 atom stereocenters. The first-order valence-corrected chi connectivity index (χ1v) is 5.57. The van der Waals surface area contributed by atoms with Crippen molar-refractivity contribution in [2.24, 2.45) is 5.92 Å². The summed E-state index contributed by atoms with van der Waals surface area (Å²) in [7, 11) is 0. The minimum absolute atomic E-state index is 0.0784. The van der Waals surface area contributed by atoms with E-state index in [1.807, 2.05) is 6.92 Å². The van der Waals surface area contributed by atoms with E-state index in [0.717, 1.165) is 18.6 Å². The molecule has 2 unspecified atom stereocenters. The van der Waals surface area contributed by atoms with Gasteiger partial charge in [-0.25, -0.2) is 14.0 Å². The van der Waals surface area contributed by atoms with Crippen molar-refractivity contribution in [1.82, 2.24) is 5.32 Å². The molecule has 5 nitrogen and oxygen atoms in total. The lowest BCUT2D eigenvalue weighted by atomic mass is 10.2. The third kappa shape index (κ3) is 2.77. The predicted octanol–water partition coefficient (Wildman–Crippen LogP) is 2.05. The largest absolute Gasteiger partial charge is 0.478 e. The number of carbonyl (C=O) groups is 2. The molecular formula is C12H13FN2O3. The SMILES string of the molecule is CC1CC1NC(=O)Nc1ccc(F)cc1C(=O)O. The van der Waals surface area contributed by atoms with Crippen LogP contribution in [0.2, 0.25) is 0 Å². The number of carbonyl (C=O) groups excluding carboxylic acids is 1. The summed E-state index contributed by atoms with van der Waals surface area (Å²) in [6.45, 7) is 2.01. The molecule has 18 heavy (non-hydrogen) atoms. The summed E-state index contributed by atoms with van der Waals surface area (Å²) >= 11 is 0. The average Bonchev–Trinajstić information content (AvgIpc) is 2.96. The topological polar surface area (TPSA) is 78.4 Å². The van der Waals surface area contributed by atoms with E-state index in [9.17, 15) is 14.0 Å². The summed E-state index contributed by atoms with van der Waals surface area (Å²) in [5, 5.41) is 14.0. The molecule has 0 aliphatic heterocycles. The Kier molecular flexibility index (Phi) is 3.18. The Morgan fingerprint density at radius 2 is 2.11 bits per heavy atom. The fourth-order valence-corrected chi connectivity index (χ4v) is 1.65. The van der Waals surface area contributed by atoms with Gasteiger partial charge in [-0.05, 0) is 30.5 Å². The Balaban J connectivity index is 2.08. The van der Waals surface area contributed by atoms with Gasteiger partial charge in [-0.15, -0.1) is 0 Å². The fourth-order valence-electron chi connectivity index (χ4n) is 1.65. The third-order valence-corrected chi connectivity index (χ3v) is 2.89. The van der Waals surface area contributed by atoms with Crippen molar-refractivity contribution >= 4 is 17.7 Å². The second-order valence-corrected chi connectivity index (χ2v) is 4.41. The summed E-state index contributed by atoms with van der Waals surface area (Å²) < 4.78 is 12.9. The van der Waals surface area contributed by atoms with E-state index in [2.05, 4.69) is 10.6 Å². The highest BCUT2D eigenvalue weighted by Crippen LogP contribution is 2.29. The van der Waals surface area contributed by atoms with Crippen molar-refractivity contribution in [3.63, 3.8) is 0 Å². The molecule has 96 valence electrons. The van der Waals surface area contributed by atoms with Crippen LogP contribution in [-0.4, -0.2) is 23.1 Å². The van der Waals surface area contributed by atoms with Crippen LogP contribution in [0.3, 0.4) is 0 Å². The summed E-state index contributed by atoms with van der Waals surface area (Å²) in [6.07, 6.45) is 0.919. The Labute approximate surface area is 103 Å². The van der Waals surface area contributed by atoms with Gasteiger partial charge in [0.25, 0.3) is 0 Å². The predicted molar refractivity (Wildman–Crippen MR) is 63.1 cm³/mol. The maximum absolute atomic E-state index is 12.9. The molecule has 1 fully saturated rings. The summed E-state index contributed by atoms with van der Waals surface area (Å²) in [4.78, 5) is 22.5. The van der Waals surface area contributed by atoms with Crippen LogP contribution in [0.25, 0.3) is 0 Å². The molecule has 0 saturated heterocycles. The number of hydrogen-bond acceptors (Lipinski definition) is 2. The Hall–Kier alpha value is -2.11. The summed E-state index contributed by atoms with van der Waals surface area (Å²) in [5.74, 6) is -1.50. The van der Waals surface area contributed by atoms with E-state index in [0.29, 0.717) is 5.92 Å². The van der Waals surface area contributed by atoms with Crippen LogP contribution in [-0.2, 0) is 0 Å². The van der Waals surface area contributed by atoms with Crippen molar-refractivity contribution in [2.45, 2.75) is 19.4 Å². The van der Waals surface area contributed by atoms with Crippen LogP contribution in [0.4, 0.5) is 14.9 Å². The van der Waals surface area contributed by atoms with Crippen LogP contribution < -0.4 is 10.6 Å². The Bertz CT molecular complexity index is 504. The van der Waals surface area contributed by atoms with E-state index in [1.165, 1.54) is 6.07 Å². The number of carboxylic acid groups (broad SMARTS) is 1. The van der Waals surface area contributed by atoms with Gasteiger partial charge in [-0.3, -0.25) is 0 Å². The van der Waals surface area contributed by atoms with Gasteiger partial charge < -0.3 is 15.7 Å². The van der Waals surface area contributed by atoms with Crippen molar-refractivity contribution in [3.05, 3.63) is 29.6 Å². The molecule has 0 spiro atoms. The monoisotopic (exact) mass is 252 g/mol. The number of urea groups is 1. The van der Waals surface area contributed by atoms with Crippen LogP contribution >= 0.6 is 0 Å². The molecule has 2 rings (SSSR count). The Morgan fingerprint density at radius 3 is 2.67 bits per heavy atom. The molecule has 0 radical (unpaired) electrons. The number of carboxylic acids is 1. The Morgan fingerprint density at radius 1 is 1.44 bits per heavy atom. The summed E-state index contributed by atoms with van der Waals surface area (Å²) in [5.41, 5.74) is -0.191. The smallest absolute Gasteiger partial charge is 0.337 e. The number of halogens is 1. The number of nitrogens with one attached hydrogen (secondary N) is 2. The molecular weight excluding hydrogens is 239 g/mol. The van der Waals surface area contributed by atoms with Gasteiger partial charge >= 0.3 is 12.0 Å². The van der Waals surface area contributed by atoms with Crippen molar-refractivity contribution in [2.75, 3.05) is 5.32 Å². The second kappa shape index (κ2) is 4.64. The van der Waals surface area contributed by atoms with Gasteiger partial charge in [0.15, 0.2) is 0 Å². The molecule has 1 aromatic rings. The lowest BCUT2D eigenvalue weighted by Gasteiger charge is -2.09. The lowest BCUT2D eigenvalue weighted by molar-refractivity contribution is 0.0697. The van der Waals surface area contributed by atoms with Crippen molar-refractivity contribution < 1.29 is 19.1 Å². The quantitative estimate of drug-likeness (QED) is 0.770. The highest BCUT2D eigenvalue weighted by Gasteiger charge is 2.33. The third-order valence-electron chi connectivity index (χ3n) is 2.89. The second-order valence-electron chi connectivity index (χ2n) is 4.41. The first-order valence-electron chi connectivity index (χ1n) is 5.57. The zero-order valence-electron chi connectivity index (χ0n) is 9.74. The number of hydrogen-bond donors (Lipinski definition) is 3. The highest BCUT2D eigenvalue weighted by atomic mass is 19.1. The highest BCUT2D eigenvalue weighted by molar-refractivity contribution is 6.00. The number of anilines is 1. The average molecular weight is 252 g/mol. The van der Waals surface area contributed by atoms with Gasteiger partial charge in [0.05, 0.1) is 11.3 Å². The van der Waals surface area contributed by atoms with E-state index in [4.69, 9.17) is 5.11 Å². The van der Waals surface area contributed by atoms with Crippen molar-refractivity contribution in [1.29, 1.82) is 0 Å². The van der Waals surface area contributed by atoms with E-state index < -0.39 is 17.8 Å². The van der Waals surface area contributed by atoms with Gasteiger partial charge in [-0.1, -0.05) is 6.92 Å². The van der Waals surface area contributed by atoms with E-state index in [1.54, 1.807) is 0 Å². The standard InChI is InChI=1S/C12H13FN2O3/c1-6-4-10(6)15-12(18)14-9-3-2-7(13)5-8(9)11(16)17/h2-3,5-6,10H,4H2,1H3,(H,16,17)(H2,14,15,18). The molecule has 2 amide bonds. The first kappa shape index (κ1) is 12.3. The molecule has 0 heterocycles. The number of aromatic carboxylic acids is 1. The van der Waals surface area contributed by atoms with Gasteiger partial charge in [-0.2, -0.15) is 0 Å². The van der Waals surface area contributed by atoms with E-state index >= 15 is 0 Å². The number of amides is 2. The number of rotatable bonds is 3. The maximum Gasteiger partial charge on any atom is 0.337 e. The van der Waals surface area contributed by atoms with Gasteiger partial charge in [0, 0.05) is 6.04 Å². The molecule has 1 saturated carbocycles. The van der Waals surface area contributed by atoms with Gasteiger partial charge in [0.1, 0.15) is 5.82 Å². The molecule has 3 N–H and O–H groups in total. The normalized spacial score (nSPS) is 21.2. The molecule has 1 aliphatic carbocycles. The molecule has 1 aliphatic rings. The summed E-state index contributed by atoms with van der Waals surface area (Å²) in [6, 6.07) is 2.87. The minimum atomic E-state index is -1.29. The van der Waals surface area contributed by atoms with Crippen LogP contribution in [0.1, 0.15) is 23.7 Å². The van der Waals surface area contributed by atoms with Gasteiger partial charge in [0.2, 0.25) is 0 Å². The van der Waals surface area contributed by atoms with Crippen LogP contribution in [0.5, 0.6) is 0 Å². The molecule has 0 aromatic heterocycles. The zero-order chi connectivity index (χ0) is 13.3. The maximum atomic E-state index is 12.9. The van der Waals surface area contributed by atoms with Crippen LogP contribution in [0, 0.1) is 11.7 Å². The van der Waals surface area contributed by atoms with Crippen molar-refractivity contribution in [3.8, 4) is 0 Å². The molecule has 1 aromatic carbocycles. The lowest BCUT2D eigenvalue weighted by Crippen LogP contribution is -2.31. The first-order chi connectivity index (χ1) is 8.47. The zero-order valence-corrected chi connectivity index (χ0v) is 9.74.